The Balaban J connectivity index is 2.16. The molecule has 2 aromatic rings. The Morgan fingerprint density at radius 1 is 1.05 bits per heavy atom. The number of nitrogens with two attached hydrogens (primary N) is 1. The Morgan fingerprint density at radius 2 is 1.80 bits per heavy atom. The zero-order valence-corrected chi connectivity index (χ0v) is 12.7. The number of fused-ring (bicyclic) bond motifs is 1. The predicted molar refractivity (Wildman–Crippen MR) is 84.6 cm³/mol. The minimum atomic E-state index is -0.335. The molecule has 0 bridgehead atoms. The maximum absolute atomic E-state index is 12.0. The number of ketones is 1. The highest BCUT2D eigenvalue weighted by Gasteiger charge is 2.24. The quantitative estimate of drug-likeness (QED) is 0.813. The second kappa shape index (κ2) is 5.51. The fourth-order valence-corrected chi connectivity index (χ4v) is 3.31. The smallest absolute Gasteiger partial charge is 0.153 e. The van der Waals surface area contributed by atoms with Crippen LogP contribution in [-0.4, -0.2) is 11.8 Å². The summed E-state index contributed by atoms with van der Waals surface area (Å²) in [6.45, 7) is 0. The number of Topliss-reactive ketones (excluding diaryl/α,β-unsaturated/α-hetero) is 1. The molecule has 3 rings (SSSR count). The molecule has 102 valence electrons. The molecular formula is C17H16BrNO. The van der Waals surface area contributed by atoms with Crippen molar-refractivity contribution >= 4 is 21.7 Å². The van der Waals surface area contributed by atoms with E-state index in [0.717, 1.165) is 22.9 Å². The van der Waals surface area contributed by atoms with E-state index in [-0.39, 0.29) is 11.8 Å². The molecule has 0 saturated heterocycles. The number of hydrogen-bond donors (Lipinski definition) is 1. The number of hydrogen-bond acceptors (Lipinski definition) is 2. The second-order valence-electron chi connectivity index (χ2n) is 5.21. The molecule has 0 amide bonds. The van der Waals surface area contributed by atoms with Crippen molar-refractivity contribution in [1.29, 1.82) is 0 Å². The molecule has 0 spiro atoms. The van der Waals surface area contributed by atoms with Gasteiger partial charge >= 0.3 is 0 Å². The average molecular weight is 330 g/mol. The van der Waals surface area contributed by atoms with E-state index in [9.17, 15) is 4.79 Å². The fraction of sp³-hybridized carbons (Fsp3) is 0.235. The maximum Gasteiger partial charge on any atom is 0.153 e. The minimum Gasteiger partial charge on any atom is -0.321 e. The summed E-state index contributed by atoms with van der Waals surface area (Å²) >= 11 is 3.58. The van der Waals surface area contributed by atoms with E-state index < -0.39 is 0 Å². The Hall–Kier alpha value is -1.45. The van der Waals surface area contributed by atoms with E-state index in [1.54, 1.807) is 0 Å². The molecule has 0 aromatic heterocycles. The molecule has 0 saturated carbocycles. The number of benzene rings is 2. The van der Waals surface area contributed by atoms with E-state index in [0.29, 0.717) is 6.42 Å². The monoisotopic (exact) mass is 329 g/mol. The molecule has 20 heavy (non-hydrogen) atoms. The van der Waals surface area contributed by atoms with Crippen LogP contribution in [0, 0.1) is 0 Å². The molecule has 1 atom stereocenters. The van der Waals surface area contributed by atoms with Crippen molar-refractivity contribution in [2.75, 3.05) is 0 Å². The van der Waals surface area contributed by atoms with Crippen LogP contribution >= 0.6 is 15.9 Å². The van der Waals surface area contributed by atoms with E-state index in [4.69, 9.17) is 5.73 Å². The number of carbonyl (C=O) groups is 1. The average Bonchev–Trinajstić information content (AvgIpc) is 2.62. The van der Waals surface area contributed by atoms with E-state index >= 15 is 0 Å². The van der Waals surface area contributed by atoms with Crippen LogP contribution in [0.1, 0.15) is 17.5 Å². The summed E-state index contributed by atoms with van der Waals surface area (Å²) in [7, 11) is 0. The van der Waals surface area contributed by atoms with E-state index in [2.05, 4.69) is 34.1 Å². The second-order valence-corrected chi connectivity index (χ2v) is 6.06. The number of rotatable bonds is 1. The third-order valence-electron chi connectivity index (χ3n) is 3.93. The van der Waals surface area contributed by atoms with Gasteiger partial charge in [0, 0.05) is 10.9 Å². The summed E-state index contributed by atoms with van der Waals surface area (Å²) in [6, 6.07) is 14.1. The Labute approximate surface area is 127 Å². The lowest BCUT2D eigenvalue weighted by molar-refractivity contribution is -0.119. The minimum absolute atomic E-state index is 0.134. The highest BCUT2D eigenvalue weighted by atomic mass is 79.9. The van der Waals surface area contributed by atoms with Crippen molar-refractivity contribution in [3.63, 3.8) is 0 Å². The summed E-state index contributed by atoms with van der Waals surface area (Å²) in [5.74, 6) is 0.134. The van der Waals surface area contributed by atoms with E-state index in [1.807, 2.05) is 24.3 Å². The fourth-order valence-electron chi connectivity index (χ4n) is 2.80. The third kappa shape index (κ3) is 2.43. The van der Waals surface area contributed by atoms with Gasteiger partial charge in [-0.1, -0.05) is 52.3 Å². The Morgan fingerprint density at radius 3 is 2.55 bits per heavy atom. The number of carbonyl (C=O) groups excluding carboxylic acids is 1. The summed E-state index contributed by atoms with van der Waals surface area (Å²) < 4.78 is 1.01. The van der Waals surface area contributed by atoms with Crippen molar-refractivity contribution in [1.82, 2.24) is 0 Å². The van der Waals surface area contributed by atoms with Gasteiger partial charge in [-0.05, 0) is 41.2 Å². The molecule has 1 aliphatic rings. The number of halogens is 1. The summed E-state index contributed by atoms with van der Waals surface area (Å²) in [6.07, 6.45) is 2.01. The van der Waals surface area contributed by atoms with Crippen LogP contribution in [0.4, 0.5) is 0 Å². The Bertz CT molecular complexity index is 652. The van der Waals surface area contributed by atoms with Gasteiger partial charge in [0.2, 0.25) is 0 Å². The third-order valence-corrected chi connectivity index (χ3v) is 4.67. The standard InChI is InChI=1S/C17H16BrNO/c18-15-8-6-12(11-4-2-1-3-5-11)13-7-9-16(19)17(20)10-14(13)15/h1-6,8,16H,7,9-10,19H2. The van der Waals surface area contributed by atoms with Gasteiger partial charge < -0.3 is 5.73 Å². The SMILES string of the molecule is NC1CCc2c(-c3ccccc3)ccc(Br)c2CC1=O. The van der Waals surface area contributed by atoms with Gasteiger partial charge in [-0.2, -0.15) is 0 Å². The summed E-state index contributed by atoms with van der Waals surface area (Å²) in [5, 5.41) is 0. The van der Waals surface area contributed by atoms with Gasteiger partial charge in [0.05, 0.1) is 6.04 Å². The van der Waals surface area contributed by atoms with Crippen molar-refractivity contribution in [3.8, 4) is 11.1 Å². The van der Waals surface area contributed by atoms with Crippen LogP contribution in [0.15, 0.2) is 46.9 Å². The first kappa shape index (κ1) is 13.5. The molecule has 0 heterocycles. The summed E-state index contributed by atoms with van der Waals surface area (Å²) in [4.78, 5) is 12.0. The lowest BCUT2D eigenvalue weighted by atomic mass is 9.92. The van der Waals surface area contributed by atoms with Gasteiger partial charge in [0.1, 0.15) is 0 Å². The molecule has 1 aliphatic carbocycles. The molecule has 3 heteroatoms. The van der Waals surface area contributed by atoms with Crippen molar-refractivity contribution < 1.29 is 4.79 Å². The molecule has 0 fully saturated rings. The molecule has 0 aliphatic heterocycles. The molecular weight excluding hydrogens is 314 g/mol. The van der Waals surface area contributed by atoms with Crippen LogP contribution in [0.3, 0.4) is 0 Å². The molecule has 2 aromatic carbocycles. The zero-order valence-electron chi connectivity index (χ0n) is 11.1. The van der Waals surface area contributed by atoms with Crippen LogP contribution < -0.4 is 5.73 Å². The van der Waals surface area contributed by atoms with Crippen molar-refractivity contribution in [3.05, 3.63) is 58.1 Å². The van der Waals surface area contributed by atoms with Crippen molar-refractivity contribution in [2.24, 2.45) is 5.73 Å². The topological polar surface area (TPSA) is 43.1 Å². The first-order chi connectivity index (χ1) is 9.66. The highest BCUT2D eigenvalue weighted by Crippen LogP contribution is 2.34. The highest BCUT2D eigenvalue weighted by molar-refractivity contribution is 9.10. The van der Waals surface area contributed by atoms with Gasteiger partial charge in [0.25, 0.3) is 0 Å². The predicted octanol–water partition coefficient (Wildman–Crippen LogP) is 3.50. The Kier molecular flexibility index (Phi) is 3.72. The van der Waals surface area contributed by atoms with Gasteiger partial charge in [-0.15, -0.1) is 0 Å². The van der Waals surface area contributed by atoms with Gasteiger partial charge in [-0.3, -0.25) is 4.79 Å². The maximum atomic E-state index is 12.0. The lowest BCUT2D eigenvalue weighted by Crippen LogP contribution is -2.30. The van der Waals surface area contributed by atoms with Gasteiger partial charge in [-0.25, -0.2) is 0 Å². The lowest BCUT2D eigenvalue weighted by Gasteiger charge is -2.14. The molecule has 2 N–H and O–H groups in total. The first-order valence-corrected chi connectivity index (χ1v) is 7.60. The molecule has 1 unspecified atom stereocenters. The van der Waals surface area contributed by atoms with E-state index in [1.165, 1.54) is 16.7 Å². The zero-order chi connectivity index (χ0) is 14.1. The first-order valence-electron chi connectivity index (χ1n) is 6.81. The van der Waals surface area contributed by atoms with Crippen LogP contribution in [0.25, 0.3) is 11.1 Å². The van der Waals surface area contributed by atoms with Gasteiger partial charge in [0.15, 0.2) is 5.78 Å². The largest absolute Gasteiger partial charge is 0.321 e. The summed E-state index contributed by atoms with van der Waals surface area (Å²) in [5.41, 5.74) is 10.7. The normalized spacial score (nSPS) is 18.5. The van der Waals surface area contributed by atoms with Crippen LogP contribution in [-0.2, 0) is 17.6 Å². The van der Waals surface area contributed by atoms with Crippen LogP contribution in [0.2, 0.25) is 0 Å². The van der Waals surface area contributed by atoms with Crippen LogP contribution in [0.5, 0.6) is 0 Å². The molecule has 2 nitrogen and oxygen atoms in total. The molecule has 0 radical (unpaired) electrons. The van der Waals surface area contributed by atoms with Crippen molar-refractivity contribution in [2.45, 2.75) is 25.3 Å².